The van der Waals surface area contributed by atoms with Gasteiger partial charge < -0.3 is 10.6 Å². The molecule has 6 nitrogen and oxygen atoms in total. The van der Waals surface area contributed by atoms with Crippen molar-refractivity contribution in [3.05, 3.63) is 99.7 Å². The van der Waals surface area contributed by atoms with E-state index in [1.54, 1.807) is 36.4 Å². The van der Waals surface area contributed by atoms with Crippen LogP contribution in [-0.2, 0) is 16.0 Å². The summed E-state index contributed by atoms with van der Waals surface area (Å²) in [6.45, 7) is 5.91. The van der Waals surface area contributed by atoms with E-state index >= 15 is 0 Å². The van der Waals surface area contributed by atoms with E-state index in [0.29, 0.717) is 16.9 Å². The minimum atomic E-state index is -0.595. The largest absolute Gasteiger partial charge is 0.350 e. The van der Waals surface area contributed by atoms with Crippen molar-refractivity contribution >= 4 is 46.4 Å². The van der Waals surface area contributed by atoms with Gasteiger partial charge in [0.1, 0.15) is 10.7 Å². The number of amides is 3. The quantitative estimate of drug-likeness (QED) is 0.460. The van der Waals surface area contributed by atoms with Gasteiger partial charge in [-0.05, 0) is 73.4 Å². The first-order valence-electron chi connectivity index (χ1n) is 10.9. The Balaban J connectivity index is 1.54. The summed E-state index contributed by atoms with van der Waals surface area (Å²) < 4.78 is 0. The van der Waals surface area contributed by atoms with Crippen molar-refractivity contribution in [2.75, 3.05) is 15.5 Å². The summed E-state index contributed by atoms with van der Waals surface area (Å²) in [5.41, 5.74) is 5.09. The van der Waals surface area contributed by atoms with E-state index in [-0.39, 0.29) is 16.6 Å². The fourth-order valence-electron chi connectivity index (χ4n) is 3.67. The summed E-state index contributed by atoms with van der Waals surface area (Å²) in [4.78, 5) is 39.6. The highest BCUT2D eigenvalue weighted by atomic mass is 35.5. The molecule has 1 aliphatic heterocycles. The van der Waals surface area contributed by atoms with E-state index in [2.05, 4.69) is 10.6 Å². The maximum Gasteiger partial charge on any atom is 0.283 e. The number of rotatable bonds is 6. The van der Waals surface area contributed by atoms with Crippen LogP contribution in [0.25, 0.3) is 0 Å². The SMILES string of the molecule is CCc1ccc(N2C(=O)C(Cl)=C(Nc3cccc(C(=O)Nc4cc(C)ccc4C)c3)C2=O)cc1. The molecule has 0 radical (unpaired) electrons. The minimum Gasteiger partial charge on any atom is -0.350 e. The summed E-state index contributed by atoms with van der Waals surface area (Å²) in [5.74, 6) is -1.43. The maximum atomic E-state index is 13.0. The van der Waals surface area contributed by atoms with E-state index in [4.69, 9.17) is 11.6 Å². The Morgan fingerprint density at radius 2 is 1.68 bits per heavy atom. The van der Waals surface area contributed by atoms with Gasteiger partial charge in [-0.15, -0.1) is 0 Å². The average molecular weight is 474 g/mol. The van der Waals surface area contributed by atoms with Crippen LogP contribution >= 0.6 is 11.6 Å². The number of nitrogens with zero attached hydrogens (tertiary/aromatic N) is 1. The minimum absolute atomic E-state index is 0.0293. The summed E-state index contributed by atoms with van der Waals surface area (Å²) in [5, 5.41) is 5.65. The van der Waals surface area contributed by atoms with Gasteiger partial charge in [0, 0.05) is 16.9 Å². The van der Waals surface area contributed by atoms with Crippen molar-refractivity contribution in [3.63, 3.8) is 0 Å². The Bertz CT molecular complexity index is 1330. The molecule has 0 unspecified atom stereocenters. The number of halogens is 1. The van der Waals surface area contributed by atoms with Gasteiger partial charge in [-0.3, -0.25) is 14.4 Å². The third-order valence-corrected chi connectivity index (χ3v) is 6.02. The standard InChI is InChI=1S/C27H24ClN3O3/c1-4-18-10-12-21(13-11-18)31-26(33)23(28)24(27(31)34)29-20-7-5-6-19(15-20)25(32)30-22-14-16(2)8-9-17(22)3/h5-15,29H,4H2,1-3H3,(H,30,32). The number of hydrogen-bond acceptors (Lipinski definition) is 4. The molecule has 0 spiro atoms. The second-order valence-corrected chi connectivity index (χ2v) is 8.51. The van der Waals surface area contributed by atoms with Gasteiger partial charge in [0.05, 0.1) is 5.69 Å². The van der Waals surface area contributed by atoms with Crippen molar-refractivity contribution < 1.29 is 14.4 Å². The molecule has 0 saturated heterocycles. The molecule has 1 aliphatic rings. The number of carbonyl (C=O) groups excluding carboxylic acids is 3. The normalized spacial score (nSPS) is 13.5. The Labute approximate surface area is 203 Å². The Morgan fingerprint density at radius 3 is 2.38 bits per heavy atom. The van der Waals surface area contributed by atoms with Crippen LogP contribution in [0.4, 0.5) is 17.1 Å². The van der Waals surface area contributed by atoms with Crippen molar-refractivity contribution in [1.82, 2.24) is 0 Å². The fourth-order valence-corrected chi connectivity index (χ4v) is 3.89. The van der Waals surface area contributed by atoms with E-state index in [9.17, 15) is 14.4 Å². The van der Waals surface area contributed by atoms with Crippen LogP contribution in [-0.4, -0.2) is 17.7 Å². The number of aryl methyl sites for hydroxylation is 3. The third-order valence-electron chi connectivity index (χ3n) is 5.67. The highest BCUT2D eigenvalue weighted by Crippen LogP contribution is 2.30. The first kappa shape index (κ1) is 23.3. The lowest BCUT2D eigenvalue weighted by molar-refractivity contribution is -0.120. The molecule has 0 bridgehead atoms. The predicted molar refractivity (Wildman–Crippen MR) is 135 cm³/mol. The van der Waals surface area contributed by atoms with Crippen molar-refractivity contribution in [3.8, 4) is 0 Å². The Kier molecular flexibility index (Phi) is 6.52. The van der Waals surface area contributed by atoms with Crippen LogP contribution in [0.15, 0.2) is 77.5 Å². The number of carbonyl (C=O) groups is 3. The van der Waals surface area contributed by atoms with Gasteiger partial charge >= 0.3 is 0 Å². The molecule has 3 aromatic rings. The Morgan fingerprint density at radius 1 is 0.941 bits per heavy atom. The van der Waals surface area contributed by atoms with Gasteiger partial charge in [-0.2, -0.15) is 0 Å². The molecule has 0 fully saturated rings. The van der Waals surface area contributed by atoms with Gasteiger partial charge in [-0.25, -0.2) is 4.90 Å². The number of nitrogens with one attached hydrogen (secondary N) is 2. The molecule has 0 aromatic heterocycles. The van der Waals surface area contributed by atoms with E-state index < -0.39 is 11.8 Å². The molecule has 1 heterocycles. The van der Waals surface area contributed by atoms with Crippen LogP contribution in [0.3, 0.4) is 0 Å². The smallest absolute Gasteiger partial charge is 0.283 e. The third kappa shape index (κ3) is 4.58. The molecule has 2 N–H and O–H groups in total. The van der Waals surface area contributed by atoms with Crippen molar-refractivity contribution in [2.24, 2.45) is 0 Å². The number of anilines is 3. The first-order chi connectivity index (χ1) is 16.3. The van der Waals surface area contributed by atoms with E-state index in [1.807, 2.05) is 51.1 Å². The van der Waals surface area contributed by atoms with Crippen molar-refractivity contribution in [1.29, 1.82) is 0 Å². The average Bonchev–Trinajstić information content (AvgIpc) is 3.04. The Hall–Kier alpha value is -3.90. The van der Waals surface area contributed by atoms with Gasteiger partial charge in [0.25, 0.3) is 17.7 Å². The van der Waals surface area contributed by atoms with E-state index in [1.165, 1.54) is 0 Å². The van der Waals surface area contributed by atoms with Crippen LogP contribution in [0.5, 0.6) is 0 Å². The zero-order chi connectivity index (χ0) is 24.4. The lowest BCUT2D eigenvalue weighted by atomic mass is 10.1. The molecule has 3 aromatic carbocycles. The fraction of sp³-hybridized carbons (Fsp3) is 0.148. The van der Waals surface area contributed by atoms with Crippen LogP contribution in [0.2, 0.25) is 0 Å². The summed E-state index contributed by atoms with van der Waals surface area (Å²) >= 11 is 6.24. The summed E-state index contributed by atoms with van der Waals surface area (Å²) in [6, 6.07) is 19.7. The lowest BCUT2D eigenvalue weighted by Gasteiger charge is -2.15. The van der Waals surface area contributed by atoms with Gasteiger partial charge in [0.2, 0.25) is 0 Å². The lowest BCUT2D eigenvalue weighted by Crippen LogP contribution is -2.32. The number of imide groups is 1. The topological polar surface area (TPSA) is 78.5 Å². The maximum absolute atomic E-state index is 13.0. The van der Waals surface area contributed by atoms with E-state index in [0.717, 1.165) is 33.7 Å². The summed E-state index contributed by atoms with van der Waals surface area (Å²) in [6.07, 6.45) is 0.849. The highest BCUT2D eigenvalue weighted by molar-refractivity contribution is 6.53. The number of hydrogen-bond donors (Lipinski definition) is 2. The summed E-state index contributed by atoms with van der Waals surface area (Å²) in [7, 11) is 0. The zero-order valence-electron chi connectivity index (χ0n) is 19.1. The molecular weight excluding hydrogens is 450 g/mol. The highest BCUT2D eigenvalue weighted by Gasteiger charge is 2.39. The predicted octanol–water partition coefficient (Wildman–Crippen LogP) is 5.55. The molecule has 0 aliphatic carbocycles. The molecule has 172 valence electrons. The molecule has 34 heavy (non-hydrogen) atoms. The molecule has 3 amide bonds. The molecule has 7 heteroatoms. The second-order valence-electron chi connectivity index (χ2n) is 8.13. The molecule has 4 rings (SSSR count). The second kappa shape index (κ2) is 9.53. The van der Waals surface area contributed by atoms with Gasteiger partial charge in [-0.1, -0.05) is 48.9 Å². The molecule has 0 atom stereocenters. The van der Waals surface area contributed by atoms with Gasteiger partial charge in [0.15, 0.2) is 0 Å². The van der Waals surface area contributed by atoms with Crippen LogP contribution < -0.4 is 15.5 Å². The number of benzene rings is 3. The molecule has 0 saturated carbocycles. The first-order valence-corrected chi connectivity index (χ1v) is 11.3. The van der Waals surface area contributed by atoms with Crippen molar-refractivity contribution in [2.45, 2.75) is 27.2 Å². The van der Waals surface area contributed by atoms with Crippen LogP contribution in [0, 0.1) is 13.8 Å². The molecular formula is C27H24ClN3O3. The monoisotopic (exact) mass is 473 g/mol. The zero-order valence-corrected chi connectivity index (χ0v) is 19.9. The van der Waals surface area contributed by atoms with Crippen LogP contribution in [0.1, 0.15) is 34.0 Å².